The molecular formula is C18H19N3O4S. The molecule has 0 unspecified atom stereocenters. The number of aryl methyl sites for hydroxylation is 2. The van der Waals surface area contributed by atoms with Gasteiger partial charge in [0.1, 0.15) is 0 Å². The van der Waals surface area contributed by atoms with Crippen LogP contribution in [0.25, 0.3) is 11.0 Å². The van der Waals surface area contributed by atoms with Gasteiger partial charge in [-0.2, -0.15) is 0 Å². The third kappa shape index (κ3) is 2.72. The molecule has 1 aromatic heterocycles. The molecule has 136 valence electrons. The van der Waals surface area contributed by atoms with Crippen LogP contribution in [-0.4, -0.2) is 24.1 Å². The highest BCUT2D eigenvalue weighted by Gasteiger charge is 2.24. The van der Waals surface area contributed by atoms with Gasteiger partial charge in [-0.15, -0.1) is 0 Å². The summed E-state index contributed by atoms with van der Waals surface area (Å²) in [5, 5.41) is 0. The number of benzene rings is 2. The molecule has 0 spiro atoms. The molecule has 0 aliphatic heterocycles. The average molecular weight is 373 g/mol. The zero-order valence-electron chi connectivity index (χ0n) is 14.7. The Morgan fingerprint density at radius 1 is 0.885 bits per heavy atom. The van der Waals surface area contributed by atoms with E-state index in [0.29, 0.717) is 16.7 Å². The van der Waals surface area contributed by atoms with E-state index >= 15 is 0 Å². The van der Waals surface area contributed by atoms with Gasteiger partial charge >= 0.3 is 11.1 Å². The van der Waals surface area contributed by atoms with Crippen molar-refractivity contribution in [3.05, 3.63) is 69.2 Å². The SMILES string of the molecule is CCN(c1ccccc1)S(=O)(=O)c1ccc2c(c1)n(C)c(=O)c(=O)n2C. The van der Waals surface area contributed by atoms with Crippen LogP contribution in [0.3, 0.4) is 0 Å². The van der Waals surface area contributed by atoms with Crippen molar-refractivity contribution in [2.24, 2.45) is 14.1 Å². The first kappa shape index (κ1) is 17.9. The van der Waals surface area contributed by atoms with Gasteiger partial charge < -0.3 is 9.13 Å². The number of aromatic nitrogens is 2. The van der Waals surface area contributed by atoms with Gasteiger partial charge in [-0.05, 0) is 37.3 Å². The van der Waals surface area contributed by atoms with Gasteiger partial charge in [0.2, 0.25) is 0 Å². The van der Waals surface area contributed by atoms with Crippen LogP contribution in [0.2, 0.25) is 0 Å². The first-order valence-corrected chi connectivity index (χ1v) is 9.50. The van der Waals surface area contributed by atoms with E-state index in [9.17, 15) is 18.0 Å². The zero-order valence-corrected chi connectivity index (χ0v) is 15.5. The Balaban J connectivity index is 2.25. The molecule has 0 amide bonds. The number of fused-ring (bicyclic) bond motifs is 1. The van der Waals surface area contributed by atoms with Crippen molar-refractivity contribution in [1.82, 2.24) is 9.13 Å². The van der Waals surface area contributed by atoms with Crippen LogP contribution >= 0.6 is 0 Å². The van der Waals surface area contributed by atoms with Gasteiger partial charge in [-0.3, -0.25) is 13.9 Å². The third-order valence-corrected chi connectivity index (χ3v) is 6.28. The standard InChI is InChI=1S/C18H19N3O4S/c1-4-21(13-8-6-5-7-9-13)26(24,25)14-10-11-15-16(12-14)20(3)18(23)17(22)19(15)2/h5-12H,4H2,1-3H3. The predicted octanol–water partition coefficient (Wildman–Crippen LogP) is 1.45. The Bertz CT molecular complexity index is 1190. The van der Waals surface area contributed by atoms with Crippen molar-refractivity contribution >= 4 is 26.7 Å². The van der Waals surface area contributed by atoms with Crippen molar-refractivity contribution in [2.75, 3.05) is 10.8 Å². The summed E-state index contributed by atoms with van der Waals surface area (Å²) in [5.41, 5.74) is 0.0607. The maximum absolute atomic E-state index is 13.1. The van der Waals surface area contributed by atoms with Crippen LogP contribution in [0.5, 0.6) is 0 Å². The maximum atomic E-state index is 13.1. The summed E-state index contributed by atoms with van der Waals surface area (Å²) in [7, 11) is -0.873. The fourth-order valence-corrected chi connectivity index (χ4v) is 4.43. The summed E-state index contributed by atoms with van der Waals surface area (Å²) < 4.78 is 30.0. The molecule has 26 heavy (non-hydrogen) atoms. The second-order valence-corrected chi connectivity index (χ2v) is 7.75. The van der Waals surface area contributed by atoms with Crippen molar-refractivity contribution in [1.29, 1.82) is 0 Å². The van der Waals surface area contributed by atoms with Gasteiger partial charge in [0.15, 0.2) is 0 Å². The Kier molecular flexibility index (Phi) is 4.45. The van der Waals surface area contributed by atoms with Crippen LogP contribution < -0.4 is 15.4 Å². The van der Waals surface area contributed by atoms with E-state index in [1.54, 1.807) is 37.3 Å². The molecule has 0 saturated heterocycles. The Morgan fingerprint density at radius 2 is 1.46 bits per heavy atom. The van der Waals surface area contributed by atoms with Crippen LogP contribution in [0, 0.1) is 0 Å². The minimum atomic E-state index is -3.82. The van der Waals surface area contributed by atoms with Crippen LogP contribution in [0.15, 0.2) is 63.0 Å². The quantitative estimate of drug-likeness (QED) is 0.648. The lowest BCUT2D eigenvalue weighted by Gasteiger charge is -2.23. The summed E-state index contributed by atoms with van der Waals surface area (Å²) >= 11 is 0. The van der Waals surface area contributed by atoms with Crippen molar-refractivity contribution in [2.45, 2.75) is 11.8 Å². The second-order valence-electron chi connectivity index (χ2n) is 5.88. The number of anilines is 1. The van der Waals surface area contributed by atoms with E-state index in [2.05, 4.69) is 0 Å². The first-order valence-electron chi connectivity index (χ1n) is 8.06. The third-order valence-electron chi connectivity index (χ3n) is 4.38. The first-order chi connectivity index (χ1) is 12.3. The molecule has 3 aromatic rings. The number of rotatable bonds is 4. The van der Waals surface area contributed by atoms with Gasteiger partial charge in [-0.25, -0.2) is 8.42 Å². The molecule has 0 saturated carbocycles. The van der Waals surface area contributed by atoms with Gasteiger partial charge in [0.25, 0.3) is 10.0 Å². The van der Waals surface area contributed by atoms with E-state index in [4.69, 9.17) is 0 Å². The molecular weight excluding hydrogens is 354 g/mol. The van der Waals surface area contributed by atoms with E-state index < -0.39 is 21.1 Å². The lowest BCUT2D eigenvalue weighted by molar-refractivity contribution is 0.592. The second kappa shape index (κ2) is 6.45. The van der Waals surface area contributed by atoms with E-state index in [-0.39, 0.29) is 11.4 Å². The Hall–Kier alpha value is -2.87. The molecule has 0 aliphatic carbocycles. The van der Waals surface area contributed by atoms with E-state index in [0.717, 1.165) is 0 Å². The van der Waals surface area contributed by atoms with E-state index in [1.807, 2.05) is 6.07 Å². The molecule has 0 N–H and O–H groups in total. The highest BCUT2D eigenvalue weighted by atomic mass is 32.2. The monoisotopic (exact) mass is 373 g/mol. The lowest BCUT2D eigenvalue weighted by Crippen LogP contribution is -2.39. The number of para-hydroxylation sites is 1. The summed E-state index contributed by atoms with van der Waals surface area (Å²) in [6.45, 7) is 2.02. The average Bonchev–Trinajstić information content (AvgIpc) is 2.65. The molecule has 0 fully saturated rings. The number of nitrogens with zero attached hydrogens (tertiary/aromatic N) is 3. The zero-order chi connectivity index (χ0) is 19.1. The largest absolute Gasteiger partial charge is 0.316 e. The lowest BCUT2D eigenvalue weighted by atomic mass is 10.3. The van der Waals surface area contributed by atoms with E-state index in [1.165, 1.54) is 39.7 Å². The summed E-state index contributed by atoms with van der Waals surface area (Å²) in [4.78, 5) is 24.0. The van der Waals surface area contributed by atoms with Gasteiger partial charge in [0, 0.05) is 20.6 Å². The highest BCUT2D eigenvalue weighted by Crippen LogP contribution is 2.25. The smallest absolute Gasteiger partial charge is 0.305 e. The summed E-state index contributed by atoms with van der Waals surface area (Å²) in [6, 6.07) is 13.2. The molecule has 0 radical (unpaired) electrons. The molecule has 0 atom stereocenters. The topological polar surface area (TPSA) is 81.4 Å². The normalized spacial score (nSPS) is 11.7. The van der Waals surface area contributed by atoms with Crippen LogP contribution in [-0.2, 0) is 24.1 Å². The Labute approximate surface area is 150 Å². The fourth-order valence-electron chi connectivity index (χ4n) is 2.93. The van der Waals surface area contributed by atoms with Crippen molar-refractivity contribution < 1.29 is 8.42 Å². The van der Waals surface area contributed by atoms with Crippen molar-refractivity contribution in [3.8, 4) is 0 Å². The van der Waals surface area contributed by atoms with Crippen LogP contribution in [0.1, 0.15) is 6.92 Å². The highest BCUT2D eigenvalue weighted by molar-refractivity contribution is 7.92. The molecule has 7 nitrogen and oxygen atoms in total. The molecule has 2 aromatic carbocycles. The maximum Gasteiger partial charge on any atom is 0.316 e. The number of sulfonamides is 1. The predicted molar refractivity (Wildman–Crippen MR) is 101 cm³/mol. The van der Waals surface area contributed by atoms with Gasteiger partial charge in [0.05, 0.1) is 21.6 Å². The van der Waals surface area contributed by atoms with Crippen LogP contribution in [0.4, 0.5) is 5.69 Å². The molecule has 3 rings (SSSR count). The minimum Gasteiger partial charge on any atom is -0.305 e. The molecule has 1 heterocycles. The Morgan fingerprint density at radius 3 is 2.04 bits per heavy atom. The molecule has 0 bridgehead atoms. The van der Waals surface area contributed by atoms with Crippen molar-refractivity contribution in [3.63, 3.8) is 0 Å². The molecule has 8 heteroatoms. The summed E-state index contributed by atoms with van der Waals surface area (Å²) in [6.07, 6.45) is 0. The number of hydrogen-bond donors (Lipinski definition) is 0. The number of hydrogen-bond acceptors (Lipinski definition) is 4. The fraction of sp³-hybridized carbons (Fsp3) is 0.222. The molecule has 0 aliphatic rings. The van der Waals surface area contributed by atoms with Gasteiger partial charge in [-0.1, -0.05) is 18.2 Å². The minimum absolute atomic E-state index is 0.0596. The summed E-state index contributed by atoms with van der Waals surface area (Å²) in [5.74, 6) is 0.